The lowest BCUT2D eigenvalue weighted by Gasteiger charge is -2.14. The van der Waals surface area contributed by atoms with Crippen molar-refractivity contribution in [2.24, 2.45) is 0 Å². The number of hydrogen-bond acceptors (Lipinski definition) is 3. The summed E-state index contributed by atoms with van der Waals surface area (Å²) in [5, 5.41) is 0. The third-order valence-electron chi connectivity index (χ3n) is 2.62. The Balaban J connectivity index is 2.80. The smallest absolute Gasteiger partial charge is 0.337 e. The van der Waals surface area contributed by atoms with E-state index in [9.17, 15) is 4.79 Å². The minimum absolute atomic E-state index is 0.310. The Morgan fingerprint density at radius 2 is 2.06 bits per heavy atom. The van der Waals surface area contributed by atoms with Crippen molar-refractivity contribution in [2.75, 3.05) is 13.7 Å². The molecule has 1 rings (SSSR count). The number of methoxy groups -OCH3 is 1. The van der Waals surface area contributed by atoms with Gasteiger partial charge in [-0.05, 0) is 41.8 Å². The van der Waals surface area contributed by atoms with Crippen LogP contribution in [-0.2, 0) is 4.74 Å². The van der Waals surface area contributed by atoms with Crippen LogP contribution >= 0.6 is 11.8 Å². The van der Waals surface area contributed by atoms with Gasteiger partial charge in [-0.3, -0.25) is 0 Å². The molecule has 0 amide bonds. The van der Waals surface area contributed by atoms with Gasteiger partial charge in [0.1, 0.15) is 0 Å². The largest absolute Gasteiger partial charge is 0.465 e. The second kappa shape index (κ2) is 6.51. The monoisotopic (exact) mass is 241 g/mol. The minimum atomic E-state index is -0.310. The summed E-state index contributed by atoms with van der Waals surface area (Å²) in [5.74, 6) is 0.0549. The predicted octanol–water partition coefficient (Wildman–Crippen LogP) is 2.71. The van der Waals surface area contributed by atoms with E-state index in [1.807, 2.05) is 12.1 Å². The van der Waals surface area contributed by atoms with Crippen molar-refractivity contribution in [3.8, 4) is 0 Å². The van der Waals surface area contributed by atoms with Gasteiger partial charge in [-0.1, -0.05) is 19.1 Å². The van der Waals surface area contributed by atoms with Crippen LogP contribution in [0.1, 0.15) is 35.2 Å². The molecule has 0 aliphatic heterocycles. The molecule has 1 atom stereocenters. The SMILES string of the molecule is CC[C@@H](CNCl)c1ccc(C(=O)OC)cc1. The lowest BCUT2D eigenvalue weighted by molar-refractivity contribution is 0.0600. The Morgan fingerprint density at radius 1 is 1.44 bits per heavy atom. The fourth-order valence-corrected chi connectivity index (χ4v) is 1.79. The molecule has 88 valence electrons. The molecule has 0 fully saturated rings. The fourth-order valence-electron chi connectivity index (χ4n) is 1.60. The maximum absolute atomic E-state index is 11.2. The number of ether oxygens (including phenoxy) is 1. The lowest BCUT2D eigenvalue weighted by atomic mass is 9.96. The molecule has 1 aromatic rings. The van der Waals surface area contributed by atoms with E-state index in [0.717, 1.165) is 13.0 Å². The molecule has 3 nitrogen and oxygen atoms in total. The number of halogens is 1. The first-order valence-corrected chi connectivity index (χ1v) is 5.62. The summed E-state index contributed by atoms with van der Waals surface area (Å²) in [4.78, 5) is 13.9. The molecule has 1 aromatic carbocycles. The maximum atomic E-state index is 11.2. The van der Waals surface area contributed by atoms with Gasteiger partial charge in [-0.2, -0.15) is 0 Å². The van der Waals surface area contributed by atoms with Crippen LogP contribution in [0.4, 0.5) is 0 Å². The second-order valence-corrected chi connectivity index (χ2v) is 3.82. The Labute approximate surface area is 101 Å². The average molecular weight is 242 g/mol. The van der Waals surface area contributed by atoms with E-state index >= 15 is 0 Å². The maximum Gasteiger partial charge on any atom is 0.337 e. The summed E-state index contributed by atoms with van der Waals surface area (Å²) < 4.78 is 4.64. The zero-order valence-electron chi connectivity index (χ0n) is 9.50. The second-order valence-electron chi connectivity index (χ2n) is 3.56. The van der Waals surface area contributed by atoms with Crippen LogP contribution in [0.25, 0.3) is 0 Å². The number of benzene rings is 1. The normalized spacial score (nSPS) is 12.2. The summed E-state index contributed by atoms with van der Waals surface area (Å²) in [6.07, 6.45) is 0.997. The number of hydrogen-bond donors (Lipinski definition) is 1. The molecule has 0 saturated carbocycles. The molecule has 0 saturated heterocycles. The molecule has 0 heterocycles. The van der Waals surface area contributed by atoms with E-state index in [2.05, 4.69) is 16.5 Å². The Hall–Kier alpha value is -1.06. The van der Waals surface area contributed by atoms with Crippen LogP contribution < -0.4 is 4.84 Å². The van der Waals surface area contributed by atoms with Gasteiger partial charge in [0.25, 0.3) is 0 Å². The van der Waals surface area contributed by atoms with Gasteiger partial charge >= 0.3 is 5.97 Å². The number of rotatable bonds is 5. The summed E-state index contributed by atoms with van der Waals surface area (Å²) in [5.41, 5.74) is 1.74. The molecule has 0 aliphatic rings. The van der Waals surface area contributed by atoms with Crippen molar-refractivity contribution in [2.45, 2.75) is 19.3 Å². The van der Waals surface area contributed by atoms with Crippen molar-refractivity contribution in [1.82, 2.24) is 4.84 Å². The van der Waals surface area contributed by atoms with E-state index in [1.165, 1.54) is 12.7 Å². The molecule has 0 radical (unpaired) electrons. The third-order valence-corrected chi connectivity index (χ3v) is 2.77. The molecule has 0 spiro atoms. The van der Waals surface area contributed by atoms with Crippen LogP contribution in [0.15, 0.2) is 24.3 Å². The predicted molar refractivity (Wildman–Crippen MR) is 64.7 cm³/mol. The standard InChI is InChI=1S/C12H16ClNO2/c1-3-9(8-14-13)10-4-6-11(7-5-10)12(15)16-2/h4-7,9,14H,3,8H2,1-2H3/t9-/m0/s1. The Morgan fingerprint density at radius 3 is 2.50 bits per heavy atom. The van der Waals surface area contributed by atoms with Crippen LogP contribution in [0.3, 0.4) is 0 Å². The van der Waals surface area contributed by atoms with Gasteiger partial charge in [-0.15, -0.1) is 0 Å². The fraction of sp³-hybridized carbons (Fsp3) is 0.417. The zero-order chi connectivity index (χ0) is 12.0. The average Bonchev–Trinajstić information content (AvgIpc) is 2.35. The van der Waals surface area contributed by atoms with E-state index in [4.69, 9.17) is 11.8 Å². The first kappa shape index (κ1) is 13.0. The highest BCUT2D eigenvalue weighted by molar-refractivity contribution is 6.13. The van der Waals surface area contributed by atoms with E-state index in [1.54, 1.807) is 12.1 Å². The molecule has 16 heavy (non-hydrogen) atoms. The van der Waals surface area contributed by atoms with Gasteiger partial charge in [0.15, 0.2) is 0 Å². The molecule has 4 heteroatoms. The Kier molecular flexibility index (Phi) is 5.29. The van der Waals surface area contributed by atoms with Crippen LogP contribution in [0.2, 0.25) is 0 Å². The van der Waals surface area contributed by atoms with Gasteiger partial charge < -0.3 is 4.74 Å². The van der Waals surface area contributed by atoms with Crippen LogP contribution in [0, 0.1) is 0 Å². The molecule has 1 N–H and O–H groups in total. The summed E-state index contributed by atoms with van der Waals surface area (Å²) in [6.45, 7) is 2.82. The lowest BCUT2D eigenvalue weighted by Crippen LogP contribution is -2.12. The highest BCUT2D eigenvalue weighted by Gasteiger charge is 2.10. The Bertz CT molecular complexity index is 337. The molecule has 0 aliphatic carbocycles. The summed E-state index contributed by atoms with van der Waals surface area (Å²) >= 11 is 5.50. The first-order chi connectivity index (χ1) is 7.72. The quantitative estimate of drug-likeness (QED) is 0.636. The van der Waals surface area contributed by atoms with Crippen LogP contribution in [-0.4, -0.2) is 19.6 Å². The van der Waals surface area contributed by atoms with Crippen molar-refractivity contribution in [3.05, 3.63) is 35.4 Å². The number of nitrogens with one attached hydrogen (secondary N) is 1. The molecular formula is C12H16ClNO2. The molecular weight excluding hydrogens is 226 g/mol. The molecule has 0 aromatic heterocycles. The van der Waals surface area contributed by atoms with E-state index in [0.29, 0.717) is 11.5 Å². The number of carbonyl (C=O) groups excluding carboxylic acids is 1. The van der Waals surface area contributed by atoms with Crippen molar-refractivity contribution in [3.63, 3.8) is 0 Å². The molecule has 0 unspecified atom stereocenters. The van der Waals surface area contributed by atoms with Gasteiger partial charge in [-0.25, -0.2) is 9.63 Å². The number of carbonyl (C=O) groups is 1. The minimum Gasteiger partial charge on any atom is -0.465 e. The van der Waals surface area contributed by atoms with Crippen molar-refractivity contribution < 1.29 is 9.53 Å². The highest BCUT2D eigenvalue weighted by atomic mass is 35.5. The van der Waals surface area contributed by atoms with Crippen molar-refractivity contribution >= 4 is 17.7 Å². The first-order valence-electron chi connectivity index (χ1n) is 5.24. The van der Waals surface area contributed by atoms with Gasteiger partial charge in [0, 0.05) is 6.54 Å². The third kappa shape index (κ3) is 3.22. The van der Waals surface area contributed by atoms with Gasteiger partial charge in [0.05, 0.1) is 12.7 Å². The topological polar surface area (TPSA) is 38.3 Å². The summed E-state index contributed by atoms with van der Waals surface area (Å²) in [7, 11) is 1.38. The highest BCUT2D eigenvalue weighted by Crippen LogP contribution is 2.19. The van der Waals surface area contributed by atoms with Crippen molar-refractivity contribution in [1.29, 1.82) is 0 Å². The zero-order valence-corrected chi connectivity index (χ0v) is 10.3. The number of esters is 1. The molecule has 0 bridgehead atoms. The van der Waals surface area contributed by atoms with E-state index < -0.39 is 0 Å². The van der Waals surface area contributed by atoms with Crippen LogP contribution in [0.5, 0.6) is 0 Å². The summed E-state index contributed by atoms with van der Waals surface area (Å²) in [6, 6.07) is 7.43. The van der Waals surface area contributed by atoms with E-state index in [-0.39, 0.29) is 5.97 Å². The van der Waals surface area contributed by atoms with Gasteiger partial charge in [0.2, 0.25) is 0 Å².